The van der Waals surface area contributed by atoms with E-state index in [0.717, 1.165) is 5.01 Å². The van der Waals surface area contributed by atoms with Crippen LogP contribution < -0.4 is 10.6 Å². The monoisotopic (exact) mass is 305 g/mol. The second-order valence-corrected chi connectivity index (χ2v) is 7.84. The molecule has 0 aromatic carbocycles. The molecule has 3 aliphatic rings. The van der Waals surface area contributed by atoms with Gasteiger partial charge in [-0.15, -0.1) is 11.3 Å². The number of carbonyl (C=O) groups is 1. The number of thiazole rings is 1. The molecule has 0 spiro atoms. The van der Waals surface area contributed by atoms with Gasteiger partial charge in [0, 0.05) is 29.8 Å². The average Bonchev–Trinajstić information content (AvgIpc) is 3.12. The molecule has 21 heavy (non-hydrogen) atoms. The third-order valence-corrected chi connectivity index (χ3v) is 5.91. The highest BCUT2D eigenvalue weighted by Crippen LogP contribution is 2.40. The van der Waals surface area contributed by atoms with Crippen LogP contribution in [0.1, 0.15) is 61.6 Å². The maximum Gasteiger partial charge on any atom is 0.220 e. The number of carbonyl (C=O) groups excluding carboxylic acids is 1. The van der Waals surface area contributed by atoms with Gasteiger partial charge in [-0.25, -0.2) is 4.98 Å². The number of amides is 1. The third-order valence-electron chi connectivity index (χ3n) is 5.05. The average molecular weight is 305 g/mol. The number of hydrogen-bond acceptors (Lipinski definition) is 4. The van der Waals surface area contributed by atoms with Gasteiger partial charge in [0.2, 0.25) is 5.91 Å². The largest absolute Gasteiger partial charge is 0.350 e. The van der Waals surface area contributed by atoms with E-state index in [4.69, 9.17) is 0 Å². The van der Waals surface area contributed by atoms with Crippen molar-refractivity contribution in [1.29, 1.82) is 0 Å². The predicted molar refractivity (Wildman–Crippen MR) is 83.2 cm³/mol. The zero-order valence-electron chi connectivity index (χ0n) is 12.3. The normalized spacial score (nSPS) is 31.3. The first kappa shape index (κ1) is 13.7. The zero-order chi connectivity index (χ0) is 14.2. The van der Waals surface area contributed by atoms with Crippen LogP contribution in [-0.2, 0) is 11.3 Å². The Kier molecular flexibility index (Phi) is 3.71. The number of aromatic nitrogens is 1. The number of hydrogen-bond donors (Lipinski definition) is 2. The Morgan fingerprint density at radius 1 is 1.29 bits per heavy atom. The number of rotatable bonds is 5. The van der Waals surface area contributed by atoms with Gasteiger partial charge in [0.15, 0.2) is 0 Å². The van der Waals surface area contributed by atoms with Gasteiger partial charge in [-0.2, -0.15) is 0 Å². The van der Waals surface area contributed by atoms with Gasteiger partial charge in [0.05, 0.1) is 12.2 Å². The molecular formula is C16H23N3OS. The molecule has 2 N–H and O–H groups in total. The molecule has 3 fully saturated rings. The van der Waals surface area contributed by atoms with Crippen molar-refractivity contribution in [2.75, 3.05) is 0 Å². The topological polar surface area (TPSA) is 54.0 Å². The van der Waals surface area contributed by atoms with Gasteiger partial charge in [-0.1, -0.05) is 0 Å². The Labute approximate surface area is 129 Å². The van der Waals surface area contributed by atoms with Crippen LogP contribution in [0.3, 0.4) is 0 Å². The van der Waals surface area contributed by atoms with Crippen molar-refractivity contribution in [1.82, 2.24) is 15.6 Å². The number of nitrogens with one attached hydrogen (secondary N) is 2. The molecule has 4 nitrogen and oxygen atoms in total. The fourth-order valence-corrected chi connectivity index (χ4v) is 4.64. The number of nitrogens with zero attached hydrogens (tertiary/aromatic N) is 1. The van der Waals surface area contributed by atoms with Crippen molar-refractivity contribution in [3.05, 3.63) is 16.1 Å². The van der Waals surface area contributed by atoms with Crippen LogP contribution in [0.25, 0.3) is 0 Å². The van der Waals surface area contributed by atoms with E-state index in [1.807, 2.05) is 0 Å². The van der Waals surface area contributed by atoms with Gasteiger partial charge < -0.3 is 10.6 Å². The van der Waals surface area contributed by atoms with Crippen LogP contribution in [0, 0.1) is 5.92 Å². The fourth-order valence-electron chi connectivity index (χ4n) is 3.82. The Morgan fingerprint density at radius 3 is 2.76 bits per heavy atom. The summed E-state index contributed by atoms with van der Waals surface area (Å²) in [6.07, 6.45) is 8.20. The summed E-state index contributed by atoms with van der Waals surface area (Å²) < 4.78 is 0. The number of fused-ring (bicyclic) bond motifs is 2. The van der Waals surface area contributed by atoms with Crippen LogP contribution >= 0.6 is 11.3 Å². The van der Waals surface area contributed by atoms with Crippen molar-refractivity contribution in [3.8, 4) is 0 Å². The summed E-state index contributed by atoms with van der Waals surface area (Å²) in [6, 6.07) is 1.34. The van der Waals surface area contributed by atoms with Crippen LogP contribution in [0.15, 0.2) is 5.38 Å². The molecule has 1 aromatic rings. The lowest BCUT2D eigenvalue weighted by molar-refractivity contribution is -0.122. The van der Waals surface area contributed by atoms with E-state index in [1.165, 1.54) is 44.2 Å². The van der Waals surface area contributed by atoms with E-state index in [0.29, 0.717) is 36.9 Å². The van der Waals surface area contributed by atoms with Crippen molar-refractivity contribution < 1.29 is 4.79 Å². The highest BCUT2D eigenvalue weighted by molar-refractivity contribution is 7.09. The summed E-state index contributed by atoms with van der Waals surface area (Å²) in [4.78, 5) is 16.7. The molecule has 2 saturated heterocycles. The number of piperidine rings is 1. The summed E-state index contributed by atoms with van der Waals surface area (Å²) in [6.45, 7) is 0.605. The molecule has 2 bridgehead atoms. The van der Waals surface area contributed by atoms with Crippen LogP contribution in [0.4, 0.5) is 0 Å². The van der Waals surface area contributed by atoms with E-state index >= 15 is 0 Å². The minimum Gasteiger partial charge on any atom is -0.350 e. The van der Waals surface area contributed by atoms with Gasteiger partial charge in [-0.3, -0.25) is 4.79 Å². The van der Waals surface area contributed by atoms with Crippen LogP contribution in [-0.4, -0.2) is 23.0 Å². The Balaban J connectivity index is 1.24. The zero-order valence-corrected chi connectivity index (χ0v) is 13.1. The lowest BCUT2D eigenvalue weighted by Crippen LogP contribution is -2.39. The maximum absolute atomic E-state index is 12.1. The van der Waals surface area contributed by atoms with Gasteiger partial charge in [-0.05, 0) is 44.4 Å². The third kappa shape index (κ3) is 3.29. The van der Waals surface area contributed by atoms with Gasteiger partial charge in [0.1, 0.15) is 5.01 Å². The van der Waals surface area contributed by atoms with Crippen molar-refractivity contribution in [2.45, 2.75) is 69.5 Å². The molecule has 3 heterocycles. The van der Waals surface area contributed by atoms with Crippen molar-refractivity contribution in [3.63, 3.8) is 0 Å². The van der Waals surface area contributed by atoms with Gasteiger partial charge in [0.25, 0.3) is 0 Å². The van der Waals surface area contributed by atoms with E-state index in [-0.39, 0.29) is 5.91 Å². The summed E-state index contributed by atoms with van der Waals surface area (Å²) in [7, 11) is 0. The molecule has 1 saturated carbocycles. The van der Waals surface area contributed by atoms with E-state index in [9.17, 15) is 4.79 Å². The first-order valence-corrected chi connectivity index (χ1v) is 9.11. The highest BCUT2D eigenvalue weighted by atomic mass is 32.1. The summed E-state index contributed by atoms with van der Waals surface area (Å²) in [5.74, 6) is 1.47. The molecule has 5 heteroatoms. The predicted octanol–water partition coefficient (Wildman–Crippen LogP) is 2.56. The fraction of sp³-hybridized carbons (Fsp3) is 0.750. The molecule has 2 aliphatic heterocycles. The van der Waals surface area contributed by atoms with E-state index in [1.54, 1.807) is 11.3 Å². The quantitative estimate of drug-likeness (QED) is 0.879. The Hall–Kier alpha value is -0.940. The first-order chi connectivity index (χ1) is 10.3. The second-order valence-electron chi connectivity index (χ2n) is 6.90. The molecule has 114 valence electrons. The minimum atomic E-state index is 0.199. The van der Waals surface area contributed by atoms with Crippen LogP contribution in [0.2, 0.25) is 0 Å². The molecular weight excluding hydrogens is 282 g/mol. The first-order valence-electron chi connectivity index (χ1n) is 8.23. The lowest BCUT2D eigenvalue weighted by Gasteiger charge is -2.28. The minimum absolute atomic E-state index is 0.199. The summed E-state index contributed by atoms with van der Waals surface area (Å²) in [5, 5.41) is 9.90. The molecule has 1 aliphatic carbocycles. The molecule has 1 aromatic heterocycles. The van der Waals surface area contributed by atoms with Crippen LogP contribution in [0.5, 0.6) is 0 Å². The Bertz CT molecular complexity index is 513. The molecule has 2 atom stereocenters. The molecule has 2 unspecified atom stereocenters. The van der Waals surface area contributed by atoms with Crippen molar-refractivity contribution in [2.24, 2.45) is 5.92 Å². The lowest BCUT2D eigenvalue weighted by atomic mass is 9.89. The molecule has 1 amide bonds. The summed E-state index contributed by atoms with van der Waals surface area (Å²) in [5.41, 5.74) is 1.24. The Morgan fingerprint density at radius 2 is 2.05 bits per heavy atom. The second kappa shape index (κ2) is 5.69. The van der Waals surface area contributed by atoms with Gasteiger partial charge >= 0.3 is 0 Å². The molecule has 0 radical (unpaired) electrons. The summed E-state index contributed by atoms with van der Waals surface area (Å²) >= 11 is 1.68. The molecule has 4 rings (SSSR count). The standard InChI is InChI=1S/C16H23N3OS/c20-15(7-10-5-12-3-4-13(6-10)18-12)17-8-16-19-14(9-21-16)11-1-2-11/h9-13,18H,1-8H2,(H,17,20). The van der Waals surface area contributed by atoms with E-state index < -0.39 is 0 Å². The SMILES string of the molecule is O=C(CC1CC2CCC(C1)N2)NCc1nc(C2CC2)cs1. The van der Waals surface area contributed by atoms with Crippen molar-refractivity contribution >= 4 is 17.2 Å². The van der Waals surface area contributed by atoms with E-state index in [2.05, 4.69) is 21.0 Å². The maximum atomic E-state index is 12.1. The highest BCUT2D eigenvalue weighted by Gasteiger charge is 2.34. The smallest absolute Gasteiger partial charge is 0.220 e.